The van der Waals surface area contributed by atoms with Crippen LogP contribution in [0.2, 0.25) is 0 Å². The van der Waals surface area contributed by atoms with Gasteiger partial charge in [0.2, 0.25) is 10.0 Å². The van der Waals surface area contributed by atoms with Crippen LogP contribution in [0.15, 0.2) is 59.5 Å². The highest BCUT2D eigenvalue weighted by Gasteiger charge is 2.29. The standard InChI is InChI=1S/C20H25N3O3S/c1-23(18-12-6-3-7-13-18)27(25,26)19-14-8-9-16(15-19)20(24)22-21-17-10-4-2-5-11-17/h2,4-5,8-11,14-15,18,21H,3,6-7,12-13H2,1H3,(H,22,24). The van der Waals surface area contributed by atoms with Crippen LogP contribution in [0, 0.1) is 0 Å². The molecule has 1 fully saturated rings. The van der Waals surface area contributed by atoms with E-state index in [-0.39, 0.29) is 16.5 Å². The van der Waals surface area contributed by atoms with E-state index in [1.807, 2.05) is 30.3 Å². The number of hydrogen-bond acceptors (Lipinski definition) is 4. The third-order valence-electron chi connectivity index (χ3n) is 4.96. The predicted octanol–water partition coefficient (Wildman–Crippen LogP) is 3.40. The van der Waals surface area contributed by atoms with Crippen molar-refractivity contribution < 1.29 is 13.2 Å². The molecule has 0 aromatic heterocycles. The Morgan fingerprint density at radius 2 is 1.70 bits per heavy atom. The van der Waals surface area contributed by atoms with Crippen LogP contribution in [0.4, 0.5) is 5.69 Å². The minimum atomic E-state index is -3.63. The Hall–Kier alpha value is -2.38. The third-order valence-corrected chi connectivity index (χ3v) is 6.86. The van der Waals surface area contributed by atoms with Crippen LogP contribution in [-0.2, 0) is 10.0 Å². The Kier molecular flexibility index (Phi) is 6.13. The molecule has 0 spiro atoms. The number of benzene rings is 2. The van der Waals surface area contributed by atoms with Gasteiger partial charge in [-0.1, -0.05) is 43.5 Å². The molecule has 0 atom stereocenters. The molecule has 2 N–H and O–H groups in total. The third kappa shape index (κ3) is 4.67. The first-order valence-electron chi connectivity index (χ1n) is 9.18. The molecule has 144 valence electrons. The Bertz CT molecular complexity index is 878. The molecule has 0 bridgehead atoms. The molecular formula is C20H25N3O3S. The van der Waals surface area contributed by atoms with Crippen molar-refractivity contribution in [3.05, 3.63) is 60.2 Å². The zero-order chi connectivity index (χ0) is 19.3. The summed E-state index contributed by atoms with van der Waals surface area (Å²) in [5, 5.41) is 0. The van der Waals surface area contributed by atoms with Crippen molar-refractivity contribution in [3.63, 3.8) is 0 Å². The second kappa shape index (κ2) is 8.54. The number of para-hydroxylation sites is 1. The van der Waals surface area contributed by atoms with Crippen LogP contribution in [-0.4, -0.2) is 31.7 Å². The second-order valence-electron chi connectivity index (χ2n) is 6.79. The van der Waals surface area contributed by atoms with Crippen LogP contribution in [0.1, 0.15) is 42.5 Å². The molecular weight excluding hydrogens is 362 g/mol. The van der Waals surface area contributed by atoms with Gasteiger partial charge in [-0.15, -0.1) is 0 Å². The van der Waals surface area contributed by atoms with Crippen LogP contribution in [0.25, 0.3) is 0 Å². The molecule has 2 aromatic carbocycles. The van der Waals surface area contributed by atoms with E-state index in [1.165, 1.54) is 16.4 Å². The maximum Gasteiger partial charge on any atom is 0.269 e. The molecule has 1 aliphatic carbocycles. The highest BCUT2D eigenvalue weighted by atomic mass is 32.2. The number of hydrogen-bond donors (Lipinski definition) is 2. The van der Waals surface area contributed by atoms with Gasteiger partial charge < -0.3 is 0 Å². The van der Waals surface area contributed by atoms with E-state index in [0.29, 0.717) is 0 Å². The van der Waals surface area contributed by atoms with Crippen LogP contribution >= 0.6 is 0 Å². The van der Waals surface area contributed by atoms with E-state index < -0.39 is 15.9 Å². The number of sulfonamides is 1. The summed E-state index contributed by atoms with van der Waals surface area (Å²) >= 11 is 0. The Morgan fingerprint density at radius 1 is 1.00 bits per heavy atom. The number of anilines is 1. The SMILES string of the molecule is CN(C1CCCCC1)S(=O)(=O)c1cccc(C(=O)NNc2ccccc2)c1. The first-order valence-corrected chi connectivity index (χ1v) is 10.6. The highest BCUT2D eigenvalue weighted by molar-refractivity contribution is 7.89. The van der Waals surface area contributed by atoms with Crippen molar-refractivity contribution in [2.75, 3.05) is 12.5 Å². The lowest BCUT2D eigenvalue weighted by molar-refractivity contribution is 0.0962. The lowest BCUT2D eigenvalue weighted by atomic mass is 9.96. The number of hydrazine groups is 1. The summed E-state index contributed by atoms with van der Waals surface area (Å²) in [5.74, 6) is -0.392. The van der Waals surface area contributed by atoms with E-state index in [4.69, 9.17) is 0 Å². The van der Waals surface area contributed by atoms with Gasteiger partial charge >= 0.3 is 0 Å². The largest absolute Gasteiger partial charge is 0.298 e. The Morgan fingerprint density at radius 3 is 2.41 bits per heavy atom. The van der Waals surface area contributed by atoms with Crippen molar-refractivity contribution in [1.29, 1.82) is 0 Å². The normalized spacial score (nSPS) is 15.5. The van der Waals surface area contributed by atoms with Gasteiger partial charge in [0.25, 0.3) is 5.91 Å². The van der Waals surface area contributed by atoms with Gasteiger partial charge in [-0.2, -0.15) is 4.31 Å². The van der Waals surface area contributed by atoms with Gasteiger partial charge in [0.1, 0.15) is 0 Å². The molecule has 0 unspecified atom stereocenters. The summed E-state index contributed by atoms with van der Waals surface area (Å²) in [6.45, 7) is 0. The zero-order valence-electron chi connectivity index (χ0n) is 15.4. The molecule has 0 aliphatic heterocycles. The molecule has 2 aromatic rings. The molecule has 6 nitrogen and oxygen atoms in total. The highest BCUT2D eigenvalue weighted by Crippen LogP contribution is 2.26. The molecule has 0 saturated heterocycles. The lowest BCUT2D eigenvalue weighted by Crippen LogP contribution is -2.38. The fourth-order valence-electron chi connectivity index (χ4n) is 3.33. The monoisotopic (exact) mass is 387 g/mol. The Balaban J connectivity index is 1.72. The first kappa shape index (κ1) is 19.4. The molecule has 1 amide bonds. The Labute approximate surface area is 160 Å². The van der Waals surface area contributed by atoms with Crippen LogP contribution in [0.3, 0.4) is 0 Å². The van der Waals surface area contributed by atoms with Crippen molar-refractivity contribution in [1.82, 2.24) is 9.73 Å². The minimum Gasteiger partial charge on any atom is -0.298 e. The fourth-order valence-corrected chi connectivity index (χ4v) is 4.79. The molecule has 0 radical (unpaired) electrons. The quantitative estimate of drug-likeness (QED) is 0.745. The van der Waals surface area contributed by atoms with Crippen molar-refractivity contribution >= 4 is 21.6 Å². The number of amides is 1. The average Bonchev–Trinajstić information content (AvgIpc) is 2.73. The summed E-state index contributed by atoms with van der Waals surface area (Å²) in [4.78, 5) is 12.5. The second-order valence-corrected chi connectivity index (χ2v) is 8.78. The summed E-state index contributed by atoms with van der Waals surface area (Å²) in [5.41, 5.74) is 6.44. The van der Waals surface area contributed by atoms with E-state index in [0.717, 1.165) is 37.8 Å². The van der Waals surface area contributed by atoms with Crippen LogP contribution in [0.5, 0.6) is 0 Å². The number of carbonyl (C=O) groups is 1. The molecule has 0 heterocycles. The van der Waals surface area contributed by atoms with Crippen molar-refractivity contribution in [3.8, 4) is 0 Å². The lowest BCUT2D eigenvalue weighted by Gasteiger charge is -2.30. The van der Waals surface area contributed by atoms with E-state index in [1.54, 1.807) is 19.2 Å². The first-order chi connectivity index (χ1) is 13.0. The fraction of sp³-hybridized carbons (Fsp3) is 0.350. The maximum absolute atomic E-state index is 13.0. The van der Waals surface area contributed by atoms with Gasteiger partial charge in [-0.3, -0.25) is 15.6 Å². The van der Waals surface area contributed by atoms with Crippen molar-refractivity contribution in [2.24, 2.45) is 0 Å². The van der Waals surface area contributed by atoms with Gasteiger partial charge in [0.05, 0.1) is 10.6 Å². The summed E-state index contributed by atoms with van der Waals surface area (Å²) in [6, 6.07) is 15.4. The maximum atomic E-state index is 13.0. The van der Waals surface area contributed by atoms with E-state index in [2.05, 4.69) is 10.9 Å². The summed E-state index contributed by atoms with van der Waals surface area (Å²) in [7, 11) is -1.99. The number of nitrogens with zero attached hydrogens (tertiary/aromatic N) is 1. The molecule has 3 rings (SSSR count). The number of carbonyl (C=O) groups excluding carboxylic acids is 1. The molecule has 1 saturated carbocycles. The smallest absolute Gasteiger partial charge is 0.269 e. The number of rotatable bonds is 6. The molecule has 7 heteroatoms. The van der Waals surface area contributed by atoms with Crippen LogP contribution < -0.4 is 10.9 Å². The van der Waals surface area contributed by atoms with E-state index in [9.17, 15) is 13.2 Å². The topological polar surface area (TPSA) is 78.5 Å². The minimum absolute atomic E-state index is 0.0287. The predicted molar refractivity (Wildman–Crippen MR) is 106 cm³/mol. The molecule has 1 aliphatic rings. The van der Waals surface area contributed by atoms with Gasteiger partial charge in [-0.25, -0.2) is 8.42 Å². The average molecular weight is 388 g/mol. The van der Waals surface area contributed by atoms with Gasteiger partial charge in [0, 0.05) is 18.7 Å². The van der Waals surface area contributed by atoms with Crippen molar-refractivity contribution in [2.45, 2.75) is 43.0 Å². The molecule has 27 heavy (non-hydrogen) atoms. The zero-order valence-corrected chi connectivity index (χ0v) is 16.2. The van der Waals surface area contributed by atoms with Gasteiger partial charge in [0.15, 0.2) is 0 Å². The summed E-state index contributed by atoms with van der Waals surface area (Å²) < 4.78 is 27.4. The summed E-state index contributed by atoms with van der Waals surface area (Å²) in [6.07, 6.45) is 5.04. The number of nitrogens with one attached hydrogen (secondary N) is 2. The van der Waals surface area contributed by atoms with E-state index >= 15 is 0 Å². The van der Waals surface area contributed by atoms with Gasteiger partial charge in [-0.05, 0) is 43.2 Å².